The minimum atomic E-state index is -0.905. The number of thioether (sulfide) groups is 2. The minimum Gasteiger partial charge on any atom is -0.478 e. The van der Waals surface area contributed by atoms with Crippen molar-refractivity contribution < 1.29 is 9.90 Å². The van der Waals surface area contributed by atoms with Crippen LogP contribution in [0.1, 0.15) is 12.8 Å². The van der Waals surface area contributed by atoms with Crippen LogP contribution in [-0.4, -0.2) is 34.7 Å². The van der Waals surface area contributed by atoms with E-state index in [4.69, 9.17) is 5.11 Å². The summed E-state index contributed by atoms with van der Waals surface area (Å²) in [7, 11) is 1.78. The fourth-order valence-corrected chi connectivity index (χ4v) is 3.40. The summed E-state index contributed by atoms with van der Waals surface area (Å²) in [5, 5.41) is 11.1. The number of carboxylic acid groups (broad SMARTS) is 1. The zero-order valence-corrected chi connectivity index (χ0v) is 10.3. The third kappa shape index (κ3) is 4.75. The summed E-state index contributed by atoms with van der Waals surface area (Å²) in [4.78, 5) is 14.5. The number of rotatable bonds is 3. The number of nitrogens with zero attached hydrogens (tertiary/aromatic N) is 1. The largest absolute Gasteiger partial charge is 0.478 e. The van der Waals surface area contributed by atoms with Crippen LogP contribution >= 0.6 is 23.5 Å². The van der Waals surface area contributed by atoms with Gasteiger partial charge in [0.05, 0.1) is 5.04 Å². The summed E-state index contributed by atoms with van der Waals surface area (Å²) < 4.78 is 0. The Kier molecular flexibility index (Phi) is 5.86. The molecule has 5 heteroatoms. The first-order chi connectivity index (χ1) is 7.24. The van der Waals surface area contributed by atoms with Gasteiger partial charge >= 0.3 is 5.97 Å². The van der Waals surface area contributed by atoms with Crippen molar-refractivity contribution >= 4 is 34.5 Å². The molecule has 1 aliphatic heterocycles. The van der Waals surface area contributed by atoms with E-state index >= 15 is 0 Å². The molecular weight excluding hydrogens is 230 g/mol. The van der Waals surface area contributed by atoms with Gasteiger partial charge < -0.3 is 5.11 Å². The first-order valence-corrected chi connectivity index (χ1v) is 6.88. The van der Waals surface area contributed by atoms with E-state index in [9.17, 15) is 4.79 Å². The number of carboxylic acids is 1. The van der Waals surface area contributed by atoms with Gasteiger partial charge in [0.15, 0.2) is 0 Å². The van der Waals surface area contributed by atoms with Crippen LogP contribution in [0.15, 0.2) is 16.5 Å². The predicted octanol–water partition coefficient (Wildman–Crippen LogP) is 2.49. The van der Waals surface area contributed by atoms with E-state index in [1.165, 1.54) is 23.3 Å². The summed E-state index contributed by atoms with van der Waals surface area (Å²) in [5.41, 5.74) is 0. The normalized spacial score (nSPS) is 19.7. The molecule has 1 saturated heterocycles. The van der Waals surface area contributed by atoms with Gasteiger partial charge in [-0.3, -0.25) is 4.99 Å². The molecular formula is C10H15NO2S2. The molecule has 84 valence electrons. The van der Waals surface area contributed by atoms with Gasteiger partial charge in [0.25, 0.3) is 0 Å². The van der Waals surface area contributed by atoms with Crippen molar-refractivity contribution in [2.75, 3.05) is 18.6 Å². The molecule has 0 aromatic carbocycles. The molecule has 1 N–H and O–H groups in total. The molecule has 1 aliphatic rings. The molecule has 0 spiro atoms. The maximum Gasteiger partial charge on any atom is 0.328 e. The quantitative estimate of drug-likeness (QED) is 0.471. The van der Waals surface area contributed by atoms with E-state index in [0.29, 0.717) is 5.92 Å². The van der Waals surface area contributed by atoms with Gasteiger partial charge in [-0.25, -0.2) is 4.79 Å². The molecule has 15 heavy (non-hydrogen) atoms. The SMILES string of the molecule is CN=C(S/C=C/C(=O)O)C1CCSCC1. The van der Waals surface area contributed by atoms with Crippen LogP contribution in [0, 0.1) is 5.92 Å². The van der Waals surface area contributed by atoms with Crippen molar-refractivity contribution in [3.05, 3.63) is 11.5 Å². The fraction of sp³-hybridized carbons (Fsp3) is 0.600. The highest BCUT2D eigenvalue weighted by molar-refractivity contribution is 8.16. The van der Waals surface area contributed by atoms with Crippen LogP contribution in [0.25, 0.3) is 0 Å². The molecule has 0 aromatic heterocycles. The molecule has 0 saturated carbocycles. The van der Waals surface area contributed by atoms with Gasteiger partial charge in [-0.2, -0.15) is 11.8 Å². The first kappa shape index (κ1) is 12.6. The zero-order valence-electron chi connectivity index (χ0n) is 8.68. The number of aliphatic imine (C=N–C) groups is 1. The Hall–Kier alpha value is -0.420. The van der Waals surface area contributed by atoms with Gasteiger partial charge in [0, 0.05) is 19.0 Å². The molecule has 0 atom stereocenters. The highest BCUT2D eigenvalue weighted by Gasteiger charge is 2.18. The first-order valence-electron chi connectivity index (χ1n) is 4.84. The molecule has 0 radical (unpaired) electrons. The summed E-state index contributed by atoms with van der Waals surface area (Å²) >= 11 is 3.41. The highest BCUT2D eigenvalue weighted by atomic mass is 32.2. The van der Waals surface area contributed by atoms with Crippen molar-refractivity contribution in [1.82, 2.24) is 0 Å². The fourth-order valence-electron chi connectivity index (χ4n) is 1.44. The lowest BCUT2D eigenvalue weighted by Crippen LogP contribution is -2.17. The molecule has 1 fully saturated rings. The maximum atomic E-state index is 10.3. The van der Waals surface area contributed by atoms with Crippen LogP contribution < -0.4 is 0 Å². The molecule has 0 unspecified atom stereocenters. The summed E-state index contributed by atoms with van der Waals surface area (Å²) in [6.07, 6.45) is 3.48. The summed E-state index contributed by atoms with van der Waals surface area (Å²) in [5.74, 6) is 2.00. The van der Waals surface area contributed by atoms with Crippen LogP contribution in [0.2, 0.25) is 0 Å². The Balaban J connectivity index is 2.45. The lowest BCUT2D eigenvalue weighted by Gasteiger charge is -2.21. The molecule has 0 amide bonds. The zero-order chi connectivity index (χ0) is 11.1. The predicted molar refractivity (Wildman–Crippen MR) is 67.8 cm³/mol. The Bertz CT molecular complexity index is 271. The highest BCUT2D eigenvalue weighted by Crippen LogP contribution is 2.28. The van der Waals surface area contributed by atoms with Gasteiger partial charge in [-0.15, -0.1) is 0 Å². The van der Waals surface area contributed by atoms with Crippen LogP contribution in [0.4, 0.5) is 0 Å². The second-order valence-corrected chi connectivity index (χ2v) is 5.36. The number of hydrogen-bond acceptors (Lipinski definition) is 4. The van der Waals surface area contributed by atoms with Crippen LogP contribution in [0.5, 0.6) is 0 Å². The number of hydrogen-bond donors (Lipinski definition) is 1. The smallest absolute Gasteiger partial charge is 0.328 e. The molecule has 3 nitrogen and oxygen atoms in total. The summed E-state index contributed by atoms with van der Waals surface area (Å²) in [6.45, 7) is 0. The topological polar surface area (TPSA) is 49.7 Å². The van der Waals surface area contributed by atoms with Crippen molar-refractivity contribution in [3.63, 3.8) is 0 Å². The van der Waals surface area contributed by atoms with E-state index in [0.717, 1.165) is 24.0 Å². The van der Waals surface area contributed by atoms with E-state index < -0.39 is 5.97 Å². The third-order valence-corrected chi connectivity index (χ3v) is 4.27. The van der Waals surface area contributed by atoms with Gasteiger partial charge in [-0.05, 0) is 29.8 Å². The average molecular weight is 245 g/mol. The van der Waals surface area contributed by atoms with Crippen molar-refractivity contribution in [3.8, 4) is 0 Å². The monoisotopic (exact) mass is 245 g/mol. The number of carbonyl (C=O) groups is 1. The van der Waals surface area contributed by atoms with Crippen LogP contribution in [0.3, 0.4) is 0 Å². The van der Waals surface area contributed by atoms with Gasteiger partial charge in [0.2, 0.25) is 0 Å². The second kappa shape index (κ2) is 6.95. The van der Waals surface area contributed by atoms with Gasteiger partial charge in [0.1, 0.15) is 0 Å². The lowest BCUT2D eigenvalue weighted by atomic mass is 10.0. The standard InChI is InChI=1S/C10H15NO2S2/c1-11-10(15-7-4-9(12)13)8-2-5-14-6-3-8/h4,7-8H,2-3,5-6H2,1H3,(H,12,13)/b7-4+,11-10?. The molecule has 0 aliphatic carbocycles. The third-order valence-electron chi connectivity index (χ3n) is 2.19. The molecule has 1 heterocycles. The Labute approximate surface area is 98.4 Å². The van der Waals surface area contributed by atoms with E-state index in [-0.39, 0.29) is 0 Å². The van der Waals surface area contributed by atoms with Crippen LogP contribution in [-0.2, 0) is 4.79 Å². The van der Waals surface area contributed by atoms with E-state index in [1.54, 1.807) is 12.5 Å². The lowest BCUT2D eigenvalue weighted by molar-refractivity contribution is -0.131. The second-order valence-electron chi connectivity index (χ2n) is 3.21. The maximum absolute atomic E-state index is 10.3. The minimum absolute atomic E-state index is 0.527. The van der Waals surface area contributed by atoms with Gasteiger partial charge in [-0.1, -0.05) is 11.8 Å². The van der Waals surface area contributed by atoms with Crippen molar-refractivity contribution in [1.29, 1.82) is 0 Å². The Morgan fingerprint density at radius 1 is 1.53 bits per heavy atom. The molecule has 0 bridgehead atoms. The Morgan fingerprint density at radius 3 is 2.73 bits per heavy atom. The molecule has 1 rings (SSSR count). The van der Waals surface area contributed by atoms with E-state index in [1.807, 2.05) is 11.8 Å². The van der Waals surface area contributed by atoms with Crippen molar-refractivity contribution in [2.24, 2.45) is 10.9 Å². The molecule has 0 aromatic rings. The van der Waals surface area contributed by atoms with E-state index in [2.05, 4.69) is 4.99 Å². The van der Waals surface area contributed by atoms with Crippen molar-refractivity contribution in [2.45, 2.75) is 12.8 Å². The summed E-state index contributed by atoms with van der Waals surface area (Å²) in [6, 6.07) is 0. The number of aliphatic carboxylic acids is 1. The average Bonchev–Trinajstić information content (AvgIpc) is 2.25. The Morgan fingerprint density at radius 2 is 2.20 bits per heavy atom.